The van der Waals surface area contributed by atoms with Gasteiger partial charge in [-0.3, -0.25) is 0 Å². The van der Waals surface area contributed by atoms with E-state index < -0.39 is 18.5 Å². The molecule has 4 fully saturated rings. The summed E-state index contributed by atoms with van der Waals surface area (Å²) in [6.07, 6.45) is 0.967. The fourth-order valence-electron chi connectivity index (χ4n) is 4.69. The third-order valence-corrected chi connectivity index (χ3v) is 8.21. The molecule has 0 radical (unpaired) electrons. The van der Waals surface area contributed by atoms with Gasteiger partial charge in [-0.15, -0.1) is 0 Å². The summed E-state index contributed by atoms with van der Waals surface area (Å²) in [4.78, 5) is 0. The standard InChI is InChI=1S/C8H16O2.C7H14O3.2C7H14O2.3H2O/c1-5-4-6(2)10-8(9)7(5)3;1-4-3-10-5(2)7(9)6(4)8;2*1-5-4-9-6(2)3-7(5)8;;;/h5-9H,4H2,1-3H3;4-9H,3H2,1-2H3;2*5-8H,3-4H2,1-2H3;3*1H2/t5-,6?,7?,8?;4?,5?,6-,7+;2*5?,6?,7-;;;/m1011.../s1. The van der Waals surface area contributed by atoms with Gasteiger partial charge in [-0.2, -0.15) is 0 Å². The Bertz CT molecular complexity index is 579. The molecule has 14 atom stereocenters. The molecule has 0 aromatic carbocycles. The molecule has 0 spiro atoms. The van der Waals surface area contributed by atoms with Gasteiger partial charge in [0.15, 0.2) is 6.29 Å². The Hall–Kier alpha value is -0.480. The van der Waals surface area contributed by atoms with Crippen LogP contribution in [0.2, 0.25) is 0 Å². The van der Waals surface area contributed by atoms with E-state index in [4.69, 9.17) is 18.9 Å². The minimum atomic E-state index is -0.719. The zero-order valence-corrected chi connectivity index (χ0v) is 26.7. The number of rotatable bonds is 0. The van der Waals surface area contributed by atoms with Crippen molar-refractivity contribution < 1.29 is 60.9 Å². The Morgan fingerprint density at radius 3 is 1.22 bits per heavy atom. The van der Waals surface area contributed by atoms with E-state index in [9.17, 15) is 25.5 Å². The topological polar surface area (TPSA) is 233 Å². The van der Waals surface area contributed by atoms with Crippen LogP contribution in [0.25, 0.3) is 0 Å². The van der Waals surface area contributed by atoms with Crippen molar-refractivity contribution in [2.24, 2.45) is 29.6 Å². The van der Waals surface area contributed by atoms with E-state index >= 15 is 0 Å². The van der Waals surface area contributed by atoms with Crippen LogP contribution in [0, 0.1) is 29.6 Å². The summed E-state index contributed by atoms with van der Waals surface area (Å²) < 4.78 is 21.0. The molecule has 4 aliphatic rings. The van der Waals surface area contributed by atoms with E-state index in [-0.39, 0.29) is 64.9 Å². The van der Waals surface area contributed by atoms with Gasteiger partial charge in [-0.1, -0.05) is 34.6 Å². The number of aliphatic hydroxyl groups excluding tert-OH is 5. The largest absolute Gasteiger partial charge is 0.412 e. The molecular formula is C29H64O12. The van der Waals surface area contributed by atoms with Crippen LogP contribution in [0.5, 0.6) is 0 Å². The van der Waals surface area contributed by atoms with Gasteiger partial charge in [0, 0.05) is 23.7 Å². The van der Waals surface area contributed by atoms with Gasteiger partial charge >= 0.3 is 0 Å². The Labute approximate surface area is 247 Å². The highest BCUT2D eigenvalue weighted by molar-refractivity contribution is 4.82. The fraction of sp³-hybridized carbons (Fsp3) is 1.00. The number of ether oxygens (including phenoxy) is 4. The zero-order chi connectivity index (χ0) is 29.2. The first-order valence-corrected chi connectivity index (χ1v) is 14.5. The molecule has 12 nitrogen and oxygen atoms in total. The number of aliphatic hydroxyl groups is 5. The van der Waals surface area contributed by atoms with E-state index in [0.717, 1.165) is 19.3 Å². The first kappa shape index (κ1) is 45.0. The molecule has 0 aromatic heterocycles. The maximum Gasteiger partial charge on any atom is 0.157 e. The second kappa shape index (κ2) is 22.1. The van der Waals surface area contributed by atoms with E-state index in [1.54, 1.807) is 6.92 Å². The maximum atomic E-state index is 9.30. The Morgan fingerprint density at radius 2 is 0.878 bits per heavy atom. The van der Waals surface area contributed by atoms with E-state index in [0.29, 0.717) is 37.6 Å². The maximum absolute atomic E-state index is 9.30. The van der Waals surface area contributed by atoms with Crippen molar-refractivity contribution in [3.63, 3.8) is 0 Å². The van der Waals surface area contributed by atoms with E-state index in [1.807, 2.05) is 48.5 Å². The molecule has 41 heavy (non-hydrogen) atoms. The summed E-state index contributed by atoms with van der Waals surface area (Å²) in [5.41, 5.74) is 0. The second-order valence-electron chi connectivity index (χ2n) is 12.3. The number of hydrogen-bond donors (Lipinski definition) is 5. The van der Waals surface area contributed by atoms with Crippen molar-refractivity contribution in [1.82, 2.24) is 0 Å². The average molecular weight is 605 g/mol. The predicted molar refractivity (Wildman–Crippen MR) is 157 cm³/mol. The Kier molecular flexibility index (Phi) is 24.2. The van der Waals surface area contributed by atoms with Gasteiger partial charge < -0.3 is 60.9 Å². The highest BCUT2D eigenvalue weighted by Crippen LogP contribution is 2.28. The van der Waals surface area contributed by atoms with Crippen LogP contribution in [-0.4, -0.2) is 117 Å². The first-order valence-electron chi connectivity index (χ1n) is 14.5. The van der Waals surface area contributed by atoms with Crippen LogP contribution >= 0.6 is 0 Å². The molecular weight excluding hydrogens is 540 g/mol. The SMILES string of the molecule is CC1C[C@@H](C)C(C)C(O)O1.CC1C[C@@H](O)C(C)CO1.CC1C[C@@H](O)C(C)CO1.CC1OCC(C)[C@H](O)[C@@H]1O.O.O.O. The summed E-state index contributed by atoms with van der Waals surface area (Å²) >= 11 is 0. The lowest BCUT2D eigenvalue weighted by Gasteiger charge is -2.34. The molecule has 252 valence electrons. The van der Waals surface area contributed by atoms with Gasteiger partial charge in [-0.25, -0.2) is 0 Å². The third-order valence-electron chi connectivity index (χ3n) is 8.21. The fourth-order valence-corrected chi connectivity index (χ4v) is 4.69. The van der Waals surface area contributed by atoms with Crippen molar-refractivity contribution in [3.8, 4) is 0 Å². The molecule has 4 rings (SSSR count). The lowest BCUT2D eigenvalue weighted by Crippen LogP contribution is -2.47. The summed E-state index contributed by atoms with van der Waals surface area (Å²) in [5.74, 6) is 1.56. The quantitative estimate of drug-likeness (QED) is 0.255. The lowest BCUT2D eigenvalue weighted by molar-refractivity contribution is -0.199. The molecule has 0 bridgehead atoms. The van der Waals surface area contributed by atoms with Crippen molar-refractivity contribution in [2.75, 3.05) is 19.8 Å². The van der Waals surface area contributed by atoms with Crippen LogP contribution in [0.4, 0.5) is 0 Å². The van der Waals surface area contributed by atoms with Crippen LogP contribution in [0.1, 0.15) is 81.6 Å². The highest BCUT2D eigenvalue weighted by Gasteiger charge is 2.33. The van der Waals surface area contributed by atoms with Crippen LogP contribution in [-0.2, 0) is 18.9 Å². The molecule has 0 saturated carbocycles. The predicted octanol–water partition coefficient (Wildman–Crippen LogP) is 0.259. The van der Waals surface area contributed by atoms with Crippen LogP contribution in [0.3, 0.4) is 0 Å². The van der Waals surface area contributed by atoms with E-state index in [1.165, 1.54) is 0 Å². The molecule has 0 aliphatic carbocycles. The van der Waals surface area contributed by atoms with Gasteiger partial charge in [0.2, 0.25) is 0 Å². The molecule has 9 unspecified atom stereocenters. The molecule has 11 N–H and O–H groups in total. The Balaban J connectivity index is -0.000000459. The van der Waals surface area contributed by atoms with Gasteiger partial charge in [0.1, 0.15) is 6.10 Å². The molecule has 12 heteroatoms. The zero-order valence-electron chi connectivity index (χ0n) is 26.7. The monoisotopic (exact) mass is 604 g/mol. The van der Waals surface area contributed by atoms with Gasteiger partial charge in [-0.05, 0) is 52.9 Å². The normalized spacial score (nSPS) is 43.8. The van der Waals surface area contributed by atoms with Crippen LogP contribution < -0.4 is 0 Å². The van der Waals surface area contributed by atoms with Crippen LogP contribution in [0.15, 0.2) is 0 Å². The smallest absolute Gasteiger partial charge is 0.157 e. The average Bonchev–Trinajstić information content (AvgIpc) is 2.85. The number of hydrogen-bond acceptors (Lipinski definition) is 9. The molecule has 0 aromatic rings. The second-order valence-corrected chi connectivity index (χ2v) is 12.3. The van der Waals surface area contributed by atoms with Gasteiger partial charge in [0.05, 0.1) is 62.5 Å². The summed E-state index contributed by atoms with van der Waals surface area (Å²) in [6, 6.07) is 0. The van der Waals surface area contributed by atoms with Crippen molar-refractivity contribution in [2.45, 2.75) is 137 Å². The minimum Gasteiger partial charge on any atom is -0.412 e. The van der Waals surface area contributed by atoms with Gasteiger partial charge in [0.25, 0.3) is 0 Å². The van der Waals surface area contributed by atoms with Crippen molar-refractivity contribution in [3.05, 3.63) is 0 Å². The highest BCUT2D eigenvalue weighted by atomic mass is 16.6. The first-order chi connectivity index (χ1) is 17.6. The summed E-state index contributed by atoms with van der Waals surface area (Å²) in [6.45, 7) is 19.8. The summed E-state index contributed by atoms with van der Waals surface area (Å²) in [5, 5.41) is 46.4. The summed E-state index contributed by atoms with van der Waals surface area (Å²) in [7, 11) is 0. The molecule has 4 heterocycles. The molecule has 0 amide bonds. The molecule has 4 saturated heterocycles. The Morgan fingerprint density at radius 1 is 0.463 bits per heavy atom. The van der Waals surface area contributed by atoms with E-state index in [2.05, 4.69) is 6.92 Å². The lowest BCUT2D eigenvalue weighted by atomic mass is 9.88. The third kappa shape index (κ3) is 16.2. The van der Waals surface area contributed by atoms with Crippen molar-refractivity contribution >= 4 is 0 Å². The van der Waals surface area contributed by atoms with Crippen molar-refractivity contribution in [1.29, 1.82) is 0 Å². The minimum absolute atomic E-state index is 0. The molecule has 4 aliphatic heterocycles.